The van der Waals surface area contributed by atoms with Gasteiger partial charge in [0.15, 0.2) is 12.4 Å². The van der Waals surface area contributed by atoms with Crippen molar-refractivity contribution in [3.05, 3.63) is 118 Å². The van der Waals surface area contributed by atoms with Crippen LogP contribution < -0.4 is 14.8 Å². The summed E-state index contributed by atoms with van der Waals surface area (Å²) in [6.07, 6.45) is 0. The zero-order chi connectivity index (χ0) is 27.3. The van der Waals surface area contributed by atoms with E-state index in [0.717, 1.165) is 5.56 Å². The van der Waals surface area contributed by atoms with E-state index in [4.69, 9.17) is 16.3 Å². The summed E-state index contributed by atoms with van der Waals surface area (Å²) in [5.74, 6) is -0.422. The Morgan fingerprint density at radius 3 is 2.26 bits per heavy atom. The average Bonchev–Trinajstić information content (AvgIpc) is 2.90. The van der Waals surface area contributed by atoms with Gasteiger partial charge in [0.05, 0.1) is 10.6 Å². The molecule has 0 aliphatic rings. The van der Waals surface area contributed by atoms with Gasteiger partial charge in [-0.1, -0.05) is 59.6 Å². The van der Waals surface area contributed by atoms with E-state index < -0.39 is 15.9 Å². The number of nitrogens with one attached hydrogen (secondary N) is 2. The van der Waals surface area contributed by atoms with E-state index in [9.17, 15) is 18.0 Å². The first-order valence-electron chi connectivity index (χ1n) is 11.6. The lowest BCUT2D eigenvalue weighted by atomic mass is 10.0. The molecule has 4 aromatic carbocycles. The van der Waals surface area contributed by atoms with E-state index in [0.29, 0.717) is 33.3 Å². The highest BCUT2D eigenvalue weighted by Gasteiger charge is 2.18. The van der Waals surface area contributed by atoms with Crippen LogP contribution >= 0.6 is 11.6 Å². The first-order chi connectivity index (χ1) is 18.1. The molecule has 0 saturated heterocycles. The number of anilines is 2. The number of aryl methyl sites for hydroxylation is 2. The molecule has 0 fully saturated rings. The van der Waals surface area contributed by atoms with Gasteiger partial charge in [-0.25, -0.2) is 8.42 Å². The van der Waals surface area contributed by atoms with Crippen LogP contribution in [0.1, 0.15) is 27.0 Å². The summed E-state index contributed by atoms with van der Waals surface area (Å²) in [5, 5.41) is 3.06. The summed E-state index contributed by atoms with van der Waals surface area (Å²) >= 11 is 6.10. The zero-order valence-corrected chi connectivity index (χ0v) is 22.3. The van der Waals surface area contributed by atoms with Crippen LogP contribution in [0.2, 0.25) is 5.02 Å². The Balaban J connectivity index is 1.43. The Bertz CT molecular complexity index is 1590. The minimum absolute atomic E-state index is 0.0672. The van der Waals surface area contributed by atoms with Gasteiger partial charge in [0.1, 0.15) is 5.75 Å². The third-order valence-corrected chi connectivity index (χ3v) is 7.27. The average molecular weight is 549 g/mol. The summed E-state index contributed by atoms with van der Waals surface area (Å²) in [7, 11) is -3.80. The predicted octanol–water partition coefficient (Wildman–Crippen LogP) is 6.01. The first kappa shape index (κ1) is 26.9. The number of carbonyl (C=O) groups excluding carboxylic acids is 2. The van der Waals surface area contributed by atoms with E-state index in [1.807, 2.05) is 19.1 Å². The molecule has 4 rings (SSSR count). The molecule has 0 spiro atoms. The van der Waals surface area contributed by atoms with E-state index >= 15 is 0 Å². The SMILES string of the molecule is Cc1ccc(NS(=O)(=O)c2ccc(OCC(=O)Nc3ccc(Cl)cc3C(=O)c3ccccc3)c(C)c2)cc1. The number of sulfonamides is 1. The highest BCUT2D eigenvalue weighted by Crippen LogP contribution is 2.26. The Morgan fingerprint density at radius 2 is 1.58 bits per heavy atom. The Morgan fingerprint density at radius 1 is 0.868 bits per heavy atom. The third kappa shape index (κ3) is 6.59. The van der Waals surface area contributed by atoms with Gasteiger partial charge in [-0.3, -0.25) is 14.3 Å². The van der Waals surface area contributed by atoms with E-state index in [1.165, 1.54) is 24.3 Å². The van der Waals surface area contributed by atoms with Gasteiger partial charge in [-0.2, -0.15) is 0 Å². The molecule has 0 radical (unpaired) electrons. The van der Waals surface area contributed by atoms with Crippen molar-refractivity contribution in [3.63, 3.8) is 0 Å². The Labute approximate surface area is 226 Å². The van der Waals surface area contributed by atoms with Crippen LogP contribution in [-0.4, -0.2) is 26.7 Å². The van der Waals surface area contributed by atoms with Gasteiger partial charge < -0.3 is 10.1 Å². The second-order valence-electron chi connectivity index (χ2n) is 8.62. The molecule has 0 saturated carbocycles. The third-order valence-electron chi connectivity index (χ3n) is 5.66. The summed E-state index contributed by atoms with van der Waals surface area (Å²) in [6.45, 7) is 3.25. The minimum atomic E-state index is -3.80. The number of carbonyl (C=O) groups is 2. The summed E-state index contributed by atoms with van der Waals surface area (Å²) in [5.41, 5.74) is 3.03. The molecular weight excluding hydrogens is 524 g/mol. The molecule has 0 heterocycles. The number of ether oxygens (including phenoxy) is 1. The number of ketones is 1. The number of benzene rings is 4. The van der Waals surface area contributed by atoms with Crippen LogP contribution in [0.4, 0.5) is 11.4 Å². The topological polar surface area (TPSA) is 102 Å². The molecule has 38 heavy (non-hydrogen) atoms. The molecule has 4 aromatic rings. The van der Waals surface area contributed by atoms with E-state index in [1.54, 1.807) is 61.5 Å². The minimum Gasteiger partial charge on any atom is -0.483 e. The van der Waals surface area contributed by atoms with Crippen molar-refractivity contribution in [2.24, 2.45) is 0 Å². The lowest BCUT2D eigenvalue weighted by Crippen LogP contribution is -2.22. The number of amides is 1. The van der Waals surface area contributed by atoms with Gasteiger partial charge in [0.25, 0.3) is 15.9 Å². The molecule has 0 unspecified atom stereocenters. The molecule has 2 N–H and O–H groups in total. The quantitative estimate of drug-likeness (QED) is 0.250. The molecule has 0 aliphatic carbocycles. The van der Waals surface area contributed by atoms with Crippen molar-refractivity contribution in [3.8, 4) is 5.75 Å². The van der Waals surface area contributed by atoms with Crippen molar-refractivity contribution in [2.45, 2.75) is 18.7 Å². The van der Waals surface area contributed by atoms with Gasteiger partial charge in [-0.05, 0) is 67.9 Å². The lowest BCUT2D eigenvalue weighted by Gasteiger charge is -2.14. The second kappa shape index (κ2) is 11.5. The van der Waals surface area contributed by atoms with Gasteiger partial charge in [0.2, 0.25) is 0 Å². The number of hydrogen-bond acceptors (Lipinski definition) is 5. The van der Waals surface area contributed by atoms with E-state index in [-0.39, 0.29) is 22.8 Å². The van der Waals surface area contributed by atoms with Gasteiger partial charge in [0, 0.05) is 21.8 Å². The van der Waals surface area contributed by atoms with Crippen LogP contribution in [0.3, 0.4) is 0 Å². The largest absolute Gasteiger partial charge is 0.483 e. The maximum Gasteiger partial charge on any atom is 0.262 e. The molecule has 0 atom stereocenters. The molecule has 9 heteroatoms. The molecule has 1 amide bonds. The molecule has 0 bridgehead atoms. The maximum atomic E-state index is 13.0. The standard InChI is InChI=1S/C29H25ClN2O5S/c1-19-8-11-23(12-9-19)32-38(35,36)24-13-15-27(20(2)16-24)37-18-28(33)31-26-14-10-22(30)17-25(26)29(34)21-6-4-3-5-7-21/h3-17,32H,18H2,1-2H3,(H,31,33). The summed E-state index contributed by atoms with van der Waals surface area (Å²) in [6, 6.07) is 24.7. The Kier molecular flexibility index (Phi) is 8.14. The number of rotatable bonds is 9. The second-order valence-corrected chi connectivity index (χ2v) is 10.7. The van der Waals surface area contributed by atoms with Gasteiger partial charge in [-0.15, -0.1) is 0 Å². The van der Waals surface area contributed by atoms with Crippen molar-refractivity contribution >= 4 is 44.7 Å². The fourth-order valence-electron chi connectivity index (χ4n) is 3.67. The van der Waals surface area contributed by atoms with Crippen LogP contribution in [0, 0.1) is 13.8 Å². The molecule has 0 aliphatic heterocycles. The highest BCUT2D eigenvalue weighted by atomic mass is 35.5. The normalized spacial score (nSPS) is 11.0. The van der Waals surface area contributed by atoms with Crippen molar-refractivity contribution in [1.29, 1.82) is 0 Å². The smallest absolute Gasteiger partial charge is 0.262 e. The lowest BCUT2D eigenvalue weighted by molar-refractivity contribution is -0.118. The van der Waals surface area contributed by atoms with Crippen molar-refractivity contribution in [2.75, 3.05) is 16.6 Å². The summed E-state index contributed by atoms with van der Waals surface area (Å²) in [4.78, 5) is 25.7. The monoisotopic (exact) mass is 548 g/mol. The molecule has 7 nitrogen and oxygen atoms in total. The van der Waals surface area contributed by atoms with Crippen molar-refractivity contribution in [1.82, 2.24) is 0 Å². The van der Waals surface area contributed by atoms with Crippen LogP contribution in [-0.2, 0) is 14.8 Å². The zero-order valence-electron chi connectivity index (χ0n) is 20.7. The van der Waals surface area contributed by atoms with Crippen LogP contribution in [0.5, 0.6) is 5.75 Å². The number of hydrogen-bond donors (Lipinski definition) is 2. The predicted molar refractivity (Wildman–Crippen MR) is 149 cm³/mol. The maximum absolute atomic E-state index is 13.0. The molecule has 0 aromatic heterocycles. The summed E-state index contributed by atoms with van der Waals surface area (Å²) < 4.78 is 33.7. The van der Waals surface area contributed by atoms with Crippen LogP contribution in [0.15, 0.2) is 95.9 Å². The van der Waals surface area contributed by atoms with E-state index in [2.05, 4.69) is 10.0 Å². The fraction of sp³-hybridized carbons (Fsp3) is 0.103. The molecule has 194 valence electrons. The van der Waals surface area contributed by atoms with Gasteiger partial charge >= 0.3 is 0 Å². The highest BCUT2D eigenvalue weighted by molar-refractivity contribution is 7.92. The first-order valence-corrected chi connectivity index (χ1v) is 13.5. The Hall–Kier alpha value is -4.14. The fourth-order valence-corrected chi connectivity index (χ4v) is 4.99. The van der Waals surface area contributed by atoms with Crippen molar-refractivity contribution < 1.29 is 22.7 Å². The molecular formula is C29H25ClN2O5S. The van der Waals surface area contributed by atoms with Crippen LogP contribution in [0.25, 0.3) is 0 Å². The number of halogens is 1.